The molecule has 5 nitrogen and oxygen atoms in total. The molecule has 6 heteroatoms. The molecule has 0 spiro atoms. The highest BCUT2D eigenvalue weighted by Gasteiger charge is 2.43. The maximum absolute atomic E-state index is 15.2. The highest BCUT2D eigenvalue weighted by molar-refractivity contribution is 5.86. The Balaban J connectivity index is 1.48. The number of halogens is 1. The van der Waals surface area contributed by atoms with Crippen LogP contribution in [0.15, 0.2) is 54.9 Å². The normalized spacial score (nSPS) is 19.2. The lowest BCUT2D eigenvalue weighted by Crippen LogP contribution is -2.55. The molecule has 1 N–H and O–H groups in total. The molecule has 1 aromatic heterocycles. The minimum absolute atomic E-state index is 0.0854. The molecule has 1 fully saturated rings. The van der Waals surface area contributed by atoms with Crippen LogP contribution in [0.1, 0.15) is 36.8 Å². The summed E-state index contributed by atoms with van der Waals surface area (Å²) in [6, 6.07) is 13.6. The van der Waals surface area contributed by atoms with Crippen molar-refractivity contribution >= 4 is 11.8 Å². The van der Waals surface area contributed by atoms with Gasteiger partial charge < -0.3 is 10.2 Å². The molecule has 1 saturated heterocycles. The van der Waals surface area contributed by atoms with Crippen LogP contribution < -0.4 is 5.32 Å². The molecule has 1 aliphatic heterocycles. The van der Waals surface area contributed by atoms with E-state index in [0.29, 0.717) is 25.8 Å². The number of aryl methyl sites for hydroxylation is 1. The van der Waals surface area contributed by atoms with E-state index in [2.05, 4.69) is 10.3 Å². The monoisotopic (exact) mass is 383 g/mol. The quantitative estimate of drug-likeness (QED) is 0.799. The van der Waals surface area contributed by atoms with Gasteiger partial charge in [-0.25, -0.2) is 4.39 Å². The number of benzene rings is 1. The van der Waals surface area contributed by atoms with Gasteiger partial charge in [0, 0.05) is 31.9 Å². The third kappa shape index (κ3) is 5.38. The molecule has 2 heterocycles. The van der Waals surface area contributed by atoms with Gasteiger partial charge in [0.15, 0.2) is 0 Å². The van der Waals surface area contributed by atoms with Crippen LogP contribution in [0.2, 0.25) is 0 Å². The van der Waals surface area contributed by atoms with Crippen molar-refractivity contribution in [2.75, 3.05) is 13.1 Å². The first-order valence-electron chi connectivity index (χ1n) is 9.75. The second-order valence-corrected chi connectivity index (χ2v) is 7.27. The van der Waals surface area contributed by atoms with Gasteiger partial charge in [-0.3, -0.25) is 14.6 Å². The topological polar surface area (TPSA) is 62.3 Å². The van der Waals surface area contributed by atoms with Crippen LogP contribution >= 0.6 is 0 Å². The zero-order valence-corrected chi connectivity index (χ0v) is 15.9. The Morgan fingerprint density at radius 3 is 2.68 bits per heavy atom. The van der Waals surface area contributed by atoms with Crippen molar-refractivity contribution in [2.24, 2.45) is 0 Å². The van der Waals surface area contributed by atoms with Crippen molar-refractivity contribution in [3.05, 3.63) is 66.0 Å². The number of aromatic nitrogens is 1. The summed E-state index contributed by atoms with van der Waals surface area (Å²) in [5.41, 5.74) is -0.0390. The summed E-state index contributed by atoms with van der Waals surface area (Å²) in [5, 5.41) is 2.64. The van der Waals surface area contributed by atoms with Crippen LogP contribution in [0.4, 0.5) is 4.39 Å². The molecular weight excluding hydrogens is 357 g/mol. The number of carbonyl (C=O) groups excluding carboxylic acids is 2. The van der Waals surface area contributed by atoms with Crippen LogP contribution in [-0.4, -0.2) is 40.5 Å². The molecule has 0 radical (unpaired) electrons. The minimum atomic E-state index is -2.03. The number of hydrogen-bond donors (Lipinski definition) is 1. The van der Waals surface area contributed by atoms with E-state index in [4.69, 9.17) is 0 Å². The lowest BCUT2D eigenvalue weighted by Gasteiger charge is -2.36. The number of nitrogens with zero attached hydrogens (tertiary/aromatic N) is 2. The average molecular weight is 383 g/mol. The third-order valence-corrected chi connectivity index (χ3v) is 5.08. The molecule has 1 aliphatic rings. The fourth-order valence-electron chi connectivity index (χ4n) is 3.50. The summed E-state index contributed by atoms with van der Waals surface area (Å²) in [4.78, 5) is 30.4. The van der Waals surface area contributed by atoms with Crippen molar-refractivity contribution in [1.82, 2.24) is 15.2 Å². The summed E-state index contributed by atoms with van der Waals surface area (Å²) >= 11 is 0. The SMILES string of the molecule is O=C(CCCc1ccccc1)N1CCCC(F)(C(=O)NCc2cccnc2)C1. The average Bonchev–Trinajstić information content (AvgIpc) is 2.73. The molecule has 1 aromatic carbocycles. The number of piperidine rings is 1. The predicted molar refractivity (Wildman–Crippen MR) is 105 cm³/mol. The molecule has 0 saturated carbocycles. The van der Waals surface area contributed by atoms with Crippen molar-refractivity contribution in [2.45, 2.75) is 44.3 Å². The number of alkyl halides is 1. The van der Waals surface area contributed by atoms with Crippen molar-refractivity contribution < 1.29 is 14.0 Å². The van der Waals surface area contributed by atoms with Crippen LogP contribution in [0, 0.1) is 0 Å². The number of rotatable bonds is 7. The molecule has 0 bridgehead atoms. The van der Waals surface area contributed by atoms with Gasteiger partial charge in [-0.2, -0.15) is 0 Å². The summed E-state index contributed by atoms with van der Waals surface area (Å²) in [5.74, 6) is -0.740. The maximum Gasteiger partial charge on any atom is 0.259 e. The largest absolute Gasteiger partial charge is 0.349 e. The molecule has 2 amide bonds. The van der Waals surface area contributed by atoms with Gasteiger partial charge in [0.05, 0.1) is 6.54 Å². The summed E-state index contributed by atoms with van der Waals surface area (Å²) in [7, 11) is 0. The van der Waals surface area contributed by atoms with Crippen LogP contribution in [0.3, 0.4) is 0 Å². The highest BCUT2D eigenvalue weighted by Crippen LogP contribution is 2.26. The highest BCUT2D eigenvalue weighted by atomic mass is 19.1. The molecular formula is C22H26FN3O2. The fourth-order valence-corrected chi connectivity index (χ4v) is 3.50. The van der Waals surface area contributed by atoms with Gasteiger partial charge in [-0.05, 0) is 42.9 Å². The van der Waals surface area contributed by atoms with E-state index in [9.17, 15) is 9.59 Å². The van der Waals surface area contributed by atoms with E-state index < -0.39 is 11.6 Å². The Hall–Kier alpha value is -2.76. The number of carbonyl (C=O) groups is 2. The first kappa shape index (κ1) is 20.0. The van der Waals surface area contributed by atoms with Gasteiger partial charge >= 0.3 is 0 Å². The molecule has 148 valence electrons. The van der Waals surface area contributed by atoms with Crippen LogP contribution in [-0.2, 0) is 22.6 Å². The van der Waals surface area contributed by atoms with Gasteiger partial charge in [-0.1, -0.05) is 36.4 Å². The van der Waals surface area contributed by atoms with E-state index in [-0.39, 0.29) is 25.4 Å². The summed E-state index contributed by atoms with van der Waals surface area (Å²) < 4.78 is 15.2. The van der Waals surface area contributed by atoms with E-state index >= 15 is 4.39 Å². The second-order valence-electron chi connectivity index (χ2n) is 7.27. The lowest BCUT2D eigenvalue weighted by molar-refractivity contribution is -0.143. The number of likely N-dealkylation sites (tertiary alicyclic amines) is 1. The van der Waals surface area contributed by atoms with Crippen LogP contribution in [0.25, 0.3) is 0 Å². The van der Waals surface area contributed by atoms with E-state index in [0.717, 1.165) is 12.0 Å². The zero-order valence-electron chi connectivity index (χ0n) is 15.9. The van der Waals surface area contributed by atoms with Gasteiger partial charge in [0.25, 0.3) is 5.91 Å². The lowest BCUT2D eigenvalue weighted by atomic mass is 9.93. The number of hydrogen-bond acceptors (Lipinski definition) is 3. The van der Waals surface area contributed by atoms with Gasteiger partial charge in [0.1, 0.15) is 0 Å². The van der Waals surface area contributed by atoms with Gasteiger partial charge in [-0.15, -0.1) is 0 Å². The van der Waals surface area contributed by atoms with E-state index in [1.54, 1.807) is 18.5 Å². The Morgan fingerprint density at radius 1 is 1.14 bits per heavy atom. The van der Waals surface area contributed by atoms with E-state index in [1.807, 2.05) is 36.4 Å². The molecule has 3 rings (SSSR count). The molecule has 2 aromatic rings. The maximum atomic E-state index is 15.2. The summed E-state index contributed by atoms with van der Waals surface area (Å²) in [6.07, 6.45) is 5.79. The Morgan fingerprint density at radius 2 is 1.93 bits per heavy atom. The predicted octanol–water partition coefficient (Wildman–Crippen LogP) is 3.05. The molecule has 28 heavy (non-hydrogen) atoms. The number of amides is 2. The smallest absolute Gasteiger partial charge is 0.259 e. The standard InChI is InChI=1S/C22H26FN3O2/c23-22(21(28)25-16-19-10-5-13-24-15-19)12-6-14-26(17-22)20(27)11-4-9-18-7-2-1-3-8-18/h1-3,5,7-8,10,13,15H,4,6,9,11-12,14,16-17H2,(H,25,28). The van der Waals surface area contributed by atoms with Crippen molar-refractivity contribution in [3.63, 3.8) is 0 Å². The molecule has 1 unspecified atom stereocenters. The Kier molecular flexibility index (Phi) is 6.74. The van der Waals surface area contributed by atoms with E-state index in [1.165, 1.54) is 10.5 Å². The number of nitrogens with one attached hydrogen (secondary N) is 1. The summed E-state index contributed by atoms with van der Waals surface area (Å²) in [6.45, 7) is 0.561. The fraction of sp³-hybridized carbons (Fsp3) is 0.409. The zero-order chi connectivity index (χ0) is 19.8. The Labute approximate surface area is 165 Å². The Bertz CT molecular complexity index is 785. The third-order valence-electron chi connectivity index (χ3n) is 5.08. The van der Waals surface area contributed by atoms with Crippen LogP contribution in [0.5, 0.6) is 0 Å². The van der Waals surface area contributed by atoms with Crippen molar-refractivity contribution in [3.8, 4) is 0 Å². The second kappa shape index (κ2) is 9.44. The van der Waals surface area contributed by atoms with Gasteiger partial charge in [0.2, 0.25) is 11.6 Å². The first-order valence-corrected chi connectivity index (χ1v) is 9.75. The molecule has 0 aliphatic carbocycles. The first-order chi connectivity index (χ1) is 13.6. The minimum Gasteiger partial charge on any atom is -0.349 e. The molecule has 1 atom stereocenters. The van der Waals surface area contributed by atoms with Crippen molar-refractivity contribution in [1.29, 1.82) is 0 Å². The number of pyridine rings is 1.